The lowest BCUT2D eigenvalue weighted by atomic mass is 10.1. The number of rotatable bonds is 1. The number of nitriles is 1. The molecular formula is C10H4BrFN2S. The second kappa shape index (κ2) is 4.09. The largest absolute Gasteiger partial charge is 0.218 e. The van der Waals surface area contributed by atoms with Crippen LogP contribution in [0.3, 0.4) is 0 Å². The summed E-state index contributed by atoms with van der Waals surface area (Å²) in [6.45, 7) is 0. The average molecular weight is 283 g/mol. The van der Waals surface area contributed by atoms with Gasteiger partial charge in [-0.3, -0.25) is 0 Å². The van der Waals surface area contributed by atoms with Crippen molar-refractivity contribution in [1.29, 1.82) is 5.26 Å². The van der Waals surface area contributed by atoms with Crippen LogP contribution in [0.25, 0.3) is 10.4 Å². The highest BCUT2D eigenvalue weighted by atomic mass is 79.9. The molecule has 0 saturated carbocycles. The van der Waals surface area contributed by atoms with E-state index >= 15 is 0 Å². The lowest BCUT2D eigenvalue weighted by molar-refractivity contribution is 0.628. The van der Waals surface area contributed by atoms with Gasteiger partial charge in [0.15, 0.2) is 9.61 Å². The first kappa shape index (κ1) is 10.3. The first-order valence-electron chi connectivity index (χ1n) is 4.03. The van der Waals surface area contributed by atoms with E-state index in [9.17, 15) is 4.39 Å². The molecule has 2 rings (SSSR count). The van der Waals surface area contributed by atoms with E-state index in [1.165, 1.54) is 23.5 Å². The third kappa shape index (κ3) is 2.06. The van der Waals surface area contributed by atoms with Crippen molar-refractivity contribution in [2.45, 2.75) is 0 Å². The number of aromatic nitrogens is 1. The summed E-state index contributed by atoms with van der Waals surface area (Å²) in [4.78, 5) is 4.67. The third-order valence-electron chi connectivity index (χ3n) is 1.79. The first-order valence-corrected chi connectivity index (χ1v) is 5.64. The van der Waals surface area contributed by atoms with Crippen LogP contribution >= 0.6 is 27.3 Å². The van der Waals surface area contributed by atoms with Crippen molar-refractivity contribution in [2.24, 2.45) is 0 Å². The second-order valence-corrected chi connectivity index (χ2v) is 5.04. The van der Waals surface area contributed by atoms with E-state index in [1.807, 2.05) is 6.07 Å². The van der Waals surface area contributed by atoms with Gasteiger partial charge in [0.1, 0.15) is 11.9 Å². The molecule has 0 N–H and O–H groups in total. The fourth-order valence-corrected chi connectivity index (χ4v) is 2.60. The van der Waals surface area contributed by atoms with Crippen molar-refractivity contribution in [2.75, 3.05) is 0 Å². The number of hydrogen-bond acceptors (Lipinski definition) is 3. The van der Waals surface area contributed by atoms with Crippen LogP contribution in [-0.2, 0) is 0 Å². The summed E-state index contributed by atoms with van der Waals surface area (Å²) in [6.07, 6.45) is 0. The monoisotopic (exact) mass is 282 g/mol. The molecule has 0 aliphatic rings. The molecule has 0 fully saturated rings. The van der Waals surface area contributed by atoms with Crippen molar-refractivity contribution in [3.8, 4) is 16.5 Å². The van der Waals surface area contributed by atoms with Crippen molar-refractivity contribution < 1.29 is 4.39 Å². The van der Waals surface area contributed by atoms with Gasteiger partial charge in [-0.15, -0.1) is 11.3 Å². The van der Waals surface area contributed by atoms with Crippen molar-refractivity contribution in [3.05, 3.63) is 39.7 Å². The number of benzene rings is 1. The van der Waals surface area contributed by atoms with E-state index in [2.05, 4.69) is 20.9 Å². The fourth-order valence-electron chi connectivity index (χ4n) is 1.20. The molecule has 0 saturated heterocycles. The molecule has 0 unspecified atom stereocenters. The topological polar surface area (TPSA) is 36.7 Å². The maximum atomic E-state index is 13.0. The van der Waals surface area contributed by atoms with E-state index < -0.39 is 0 Å². The zero-order valence-corrected chi connectivity index (χ0v) is 9.77. The van der Waals surface area contributed by atoms with Crippen LogP contribution in [0.4, 0.5) is 4.39 Å². The molecule has 0 aliphatic heterocycles. The number of halogens is 2. The summed E-state index contributed by atoms with van der Waals surface area (Å²) in [5, 5.41) is 8.84. The van der Waals surface area contributed by atoms with Gasteiger partial charge in [0.25, 0.3) is 0 Å². The van der Waals surface area contributed by atoms with Crippen LogP contribution in [0.15, 0.2) is 28.2 Å². The van der Waals surface area contributed by atoms with Crippen molar-refractivity contribution >= 4 is 27.3 Å². The van der Waals surface area contributed by atoms with Gasteiger partial charge in [-0.1, -0.05) is 12.1 Å². The van der Waals surface area contributed by atoms with Crippen LogP contribution in [0, 0.1) is 17.1 Å². The van der Waals surface area contributed by atoms with Gasteiger partial charge < -0.3 is 0 Å². The minimum absolute atomic E-state index is 0.317. The molecule has 1 heterocycles. The minimum Gasteiger partial charge on any atom is -0.218 e. The van der Waals surface area contributed by atoms with Crippen LogP contribution in [0.2, 0.25) is 0 Å². The second-order valence-electron chi connectivity index (χ2n) is 2.77. The van der Waals surface area contributed by atoms with Gasteiger partial charge in [0.05, 0.1) is 4.88 Å². The Balaban J connectivity index is 2.59. The van der Waals surface area contributed by atoms with E-state index in [0.29, 0.717) is 20.1 Å². The predicted octanol–water partition coefficient (Wildman–Crippen LogP) is 3.58. The maximum Gasteiger partial charge on any atom is 0.161 e. The molecule has 0 spiro atoms. The number of nitrogens with zero attached hydrogens (tertiary/aromatic N) is 2. The lowest BCUT2D eigenvalue weighted by Gasteiger charge is -1.96. The van der Waals surface area contributed by atoms with Gasteiger partial charge in [-0.25, -0.2) is 9.37 Å². The molecule has 2 aromatic rings. The van der Waals surface area contributed by atoms with Crippen LogP contribution in [0.5, 0.6) is 0 Å². The number of hydrogen-bond donors (Lipinski definition) is 0. The van der Waals surface area contributed by atoms with Gasteiger partial charge in [-0.2, -0.15) is 5.26 Å². The van der Waals surface area contributed by atoms with Gasteiger partial charge in [-0.05, 0) is 33.6 Å². The normalized spacial score (nSPS) is 9.93. The Morgan fingerprint density at radius 2 is 2.27 bits per heavy atom. The quantitative estimate of drug-likeness (QED) is 0.802. The van der Waals surface area contributed by atoms with Crippen LogP contribution in [-0.4, -0.2) is 4.98 Å². The highest BCUT2D eigenvalue weighted by Gasteiger charge is 2.11. The Labute approximate surface area is 98.1 Å². The highest BCUT2D eigenvalue weighted by molar-refractivity contribution is 9.11. The van der Waals surface area contributed by atoms with E-state index in [1.54, 1.807) is 12.1 Å². The summed E-state index contributed by atoms with van der Waals surface area (Å²) in [6, 6.07) is 8.10. The zero-order valence-electron chi connectivity index (χ0n) is 7.37. The van der Waals surface area contributed by atoms with E-state index in [0.717, 1.165) is 0 Å². The smallest absolute Gasteiger partial charge is 0.161 e. The number of thiazole rings is 1. The molecule has 0 aliphatic carbocycles. The summed E-state index contributed by atoms with van der Waals surface area (Å²) in [7, 11) is 0. The molecule has 2 nitrogen and oxygen atoms in total. The van der Waals surface area contributed by atoms with Gasteiger partial charge >= 0.3 is 0 Å². The van der Waals surface area contributed by atoms with E-state index in [-0.39, 0.29) is 5.82 Å². The summed E-state index contributed by atoms with van der Waals surface area (Å²) in [5.74, 6) is -0.319. The highest BCUT2D eigenvalue weighted by Crippen LogP contribution is 2.32. The Morgan fingerprint density at radius 1 is 1.47 bits per heavy atom. The Kier molecular flexibility index (Phi) is 2.80. The Morgan fingerprint density at radius 3 is 2.93 bits per heavy atom. The predicted molar refractivity (Wildman–Crippen MR) is 59.9 cm³/mol. The molecule has 0 bridgehead atoms. The summed E-state index contributed by atoms with van der Waals surface area (Å²) >= 11 is 4.52. The standard InChI is InChI=1S/C10H4BrFN2S/c11-10-14-8(5-13)9(15-10)6-2-1-3-7(12)4-6/h1-4H. The molecule has 15 heavy (non-hydrogen) atoms. The SMILES string of the molecule is N#Cc1nc(Br)sc1-c1cccc(F)c1. The van der Waals surface area contributed by atoms with E-state index in [4.69, 9.17) is 5.26 Å². The van der Waals surface area contributed by atoms with Crippen molar-refractivity contribution in [3.63, 3.8) is 0 Å². The van der Waals surface area contributed by atoms with Crippen molar-refractivity contribution in [1.82, 2.24) is 4.98 Å². The van der Waals surface area contributed by atoms with Crippen LogP contribution < -0.4 is 0 Å². The summed E-state index contributed by atoms with van der Waals surface area (Å²) < 4.78 is 13.6. The maximum absolute atomic E-state index is 13.0. The molecule has 0 amide bonds. The molecule has 5 heteroatoms. The molecule has 0 radical (unpaired) electrons. The Bertz CT molecular complexity index is 545. The Hall–Kier alpha value is -1.25. The molecule has 74 valence electrons. The molecular weight excluding hydrogens is 279 g/mol. The third-order valence-corrected chi connectivity index (χ3v) is 3.35. The molecule has 1 aromatic carbocycles. The minimum atomic E-state index is -0.319. The molecule has 0 atom stereocenters. The zero-order chi connectivity index (χ0) is 10.8. The fraction of sp³-hybridized carbons (Fsp3) is 0. The average Bonchev–Trinajstić information content (AvgIpc) is 2.59. The lowest BCUT2D eigenvalue weighted by Crippen LogP contribution is -1.80. The van der Waals surface area contributed by atoms with Crippen LogP contribution in [0.1, 0.15) is 5.69 Å². The van der Waals surface area contributed by atoms with Gasteiger partial charge in [0.2, 0.25) is 0 Å². The molecule has 1 aromatic heterocycles. The summed E-state index contributed by atoms with van der Waals surface area (Å²) in [5.41, 5.74) is 0.993. The van der Waals surface area contributed by atoms with Gasteiger partial charge in [0, 0.05) is 0 Å². The first-order chi connectivity index (χ1) is 7.20.